The molecule has 1 aromatic rings. The summed E-state index contributed by atoms with van der Waals surface area (Å²) in [4.78, 5) is 0.210. The standard InChI is InChI=1S/C13H17N/c1-4-10-14(3)12(2)11-13-8-6-5-7-9-13/h1,5-9,12H,10-11H2,2-3H3/t12-/m1/s1/i1D,2D3,3D3,11D2,12D. The lowest BCUT2D eigenvalue weighted by atomic mass is 10.1. The second-order valence-corrected chi connectivity index (χ2v) is 2.60. The van der Waals surface area contributed by atoms with Crippen LogP contribution in [0.15, 0.2) is 30.3 Å². The first kappa shape index (κ1) is 3.40. The first-order chi connectivity index (χ1) is 10.8. The summed E-state index contributed by atoms with van der Waals surface area (Å²) in [5, 5.41) is 0. The van der Waals surface area contributed by atoms with Gasteiger partial charge in [0.05, 0.1) is 6.54 Å². The van der Waals surface area contributed by atoms with Crippen LogP contribution in [0, 0.1) is 12.3 Å². The van der Waals surface area contributed by atoms with Crippen LogP contribution >= 0.6 is 0 Å². The largest absolute Gasteiger partial charge is 0.292 e. The van der Waals surface area contributed by atoms with Gasteiger partial charge in [0.2, 0.25) is 0 Å². The van der Waals surface area contributed by atoms with Gasteiger partial charge in [-0.25, -0.2) is 0 Å². The van der Waals surface area contributed by atoms with Crippen LogP contribution in [0.25, 0.3) is 0 Å². The van der Waals surface area contributed by atoms with Crippen molar-refractivity contribution in [1.29, 1.82) is 0 Å². The third-order valence-corrected chi connectivity index (χ3v) is 1.54. The Morgan fingerprint density at radius 1 is 1.71 bits per heavy atom. The van der Waals surface area contributed by atoms with E-state index >= 15 is 0 Å². The molecule has 0 bridgehead atoms. The number of terminal acetylenes is 1. The molecule has 0 heterocycles. The van der Waals surface area contributed by atoms with Crippen LogP contribution in [-0.2, 0) is 6.37 Å². The SMILES string of the molecule is [2H]C#CCN(C([2H])([2H])[2H])[C@]([2H])(C([2H])([2H])[2H])C([2H])([2H])c1ccccc1. The van der Waals surface area contributed by atoms with Gasteiger partial charge in [-0.1, -0.05) is 36.3 Å². The van der Waals surface area contributed by atoms with E-state index in [2.05, 4.69) is 5.92 Å². The van der Waals surface area contributed by atoms with E-state index in [1.807, 2.05) is 0 Å². The van der Waals surface area contributed by atoms with Gasteiger partial charge in [0.25, 0.3) is 0 Å². The van der Waals surface area contributed by atoms with Crippen LogP contribution in [0.5, 0.6) is 0 Å². The number of nitrogens with zero attached hydrogens (tertiary/aromatic N) is 1. The lowest BCUT2D eigenvalue weighted by molar-refractivity contribution is 0.287. The highest BCUT2D eigenvalue weighted by Crippen LogP contribution is 2.06. The number of rotatable bonds is 4. The van der Waals surface area contributed by atoms with E-state index in [0.29, 0.717) is 0 Å². The van der Waals surface area contributed by atoms with E-state index in [1.165, 1.54) is 24.3 Å². The predicted molar refractivity (Wildman–Crippen MR) is 61.1 cm³/mol. The molecule has 0 N–H and O–H groups in total. The quantitative estimate of drug-likeness (QED) is 0.669. The Hall–Kier alpha value is -1.26. The van der Waals surface area contributed by atoms with Crippen molar-refractivity contribution >= 4 is 0 Å². The van der Waals surface area contributed by atoms with Crippen molar-refractivity contribution < 1.29 is 13.7 Å². The Morgan fingerprint density at radius 2 is 2.57 bits per heavy atom. The molecule has 0 saturated heterocycles. The van der Waals surface area contributed by atoms with Crippen LogP contribution in [0.3, 0.4) is 0 Å². The summed E-state index contributed by atoms with van der Waals surface area (Å²) in [7, 11) is 0. The van der Waals surface area contributed by atoms with Gasteiger partial charge in [0, 0.05) is 18.4 Å². The fourth-order valence-electron chi connectivity index (χ4n) is 0.884. The van der Waals surface area contributed by atoms with Gasteiger partial charge in [-0.05, 0) is 25.8 Å². The lowest BCUT2D eigenvalue weighted by Crippen LogP contribution is -2.31. The molecule has 1 aromatic carbocycles. The van der Waals surface area contributed by atoms with Crippen LogP contribution in [-0.4, -0.2) is 24.4 Å². The predicted octanol–water partition coefficient (Wildman–Crippen LogP) is 2.18. The second-order valence-electron chi connectivity index (χ2n) is 2.60. The van der Waals surface area contributed by atoms with E-state index in [4.69, 9.17) is 13.7 Å². The van der Waals surface area contributed by atoms with Gasteiger partial charge >= 0.3 is 0 Å². The van der Waals surface area contributed by atoms with E-state index in [1.54, 1.807) is 12.5 Å². The number of benzene rings is 1. The normalized spacial score (nSPS) is 27.5. The van der Waals surface area contributed by atoms with Crippen molar-refractivity contribution in [2.24, 2.45) is 0 Å². The summed E-state index contributed by atoms with van der Waals surface area (Å²) in [5.41, 5.74) is -0.135. The van der Waals surface area contributed by atoms with Gasteiger partial charge < -0.3 is 0 Å². The molecule has 0 aliphatic rings. The van der Waals surface area contributed by atoms with Gasteiger partial charge in [0.15, 0.2) is 0 Å². The van der Waals surface area contributed by atoms with Crippen LogP contribution < -0.4 is 0 Å². The molecule has 0 aliphatic carbocycles. The number of hydrogen-bond donors (Lipinski definition) is 0. The molecule has 0 fully saturated rings. The topological polar surface area (TPSA) is 3.24 Å². The summed E-state index contributed by atoms with van der Waals surface area (Å²) in [6, 6.07) is 3.97. The minimum absolute atomic E-state index is 0.135. The fourth-order valence-corrected chi connectivity index (χ4v) is 0.884. The zero-order chi connectivity index (χ0) is 18.8. The van der Waals surface area contributed by atoms with Crippen molar-refractivity contribution in [2.75, 3.05) is 13.5 Å². The zero-order valence-electron chi connectivity index (χ0n) is 17.5. The van der Waals surface area contributed by atoms with Crippen LogP contribution in [0.2, 0.25) is 0 Å². The monoisotopic (exact) mass is 197 g/mol. The van der Waals surface area contributed by atoms with E-state index < -0.39 is 32.8 Å². The van der Waals surface area contributed by atoms with E-state index in [0.717, 1.165) is 0 Å². The maximum Gasteiger partial charge on any atom is 0.124 e. The van der Waals surface area contributed by atoms with Gasteiger partial charge in [-0.3, -0.25) is 4.90 Å². The lowest BCUT2D eigenvalue weighted by Gasteiger charge is -2.22. The fraction of sp³-hybridized carbons (Fsp3) is 0.385. The molecule has 0 amide bonds. The molecule has 0 radical (unpaired) electrons. The van der Waals surface area contributed by atoms with Crippen molar-refractivity contribution in [3.63, 3.8) is 0 Å². The highest BCUT2D eigenvalue weighted by atomic mass is 15.1. The van der Waals surface area contributed by atoms with Gasteiger partial charge in [-0.15, -0.1) is 6.40 Å². The Balaban J connectivity index is 3.65. The molecule has 1 atom stereocenters. The Bertz CT molecular complexity index is 610. The average Bonchev–Trinajstić information content (AvgIpc) is 2.45. The average molecular weight is 197 g/mol. The first-order valence-electron chi connectivity index (χ1n) is 9.03. The Morgan fingerprint density at radius 3 is 3.21 bits per heavy atom. The van der Waals surface area contributed by atoms with Crippen LogP contribution in [0.1, 0.15) is 26.1 Å². The third-order valence-electron chi connectivity index (χ3n) is 1.54. The minimum Gasteiger partial charge on any atom is -0.292 e. The summed E-state index contributed by atoms with van der Waals surface area (Å²) in [6.45, 7) is -7.15. The smallest absolute Gasteiger partial charge is 0.124 e. The Kier molecular flexibility index (Phi) is 1.33. The van der Waals surface area contributed by atoms with Gasteiger partial charge in [0.1, 0.15) is 1.37 Å². The summed E-state index contributed by atoms with van der Waals surface area (Å²) < 4.78 is 77.3. The molecule has 0 unspecified atom stereocenters. The molecule has 0 spiro atoms. The second kappa shape index (κ2) is 5.47. The molecule has 1 rings (SSSR count). The molecule has 0 aliphatic heterocycles. The minimum atomic E-state index is -3.30. The van der Waals surface area contributed by atoms with Crippen molar-refractivity contribution in [3.8, 4) is 12.3 Å². The first-order valence-corrected chi connectivity index (χ1v) is 4.03. The van der Waals surface area contributed by atoms with E-state index in [9.17, 15) is 0 Å². The van der Waals surface area contributed by atoms with Crippen molar-refractivity contribution in [1.82, 2.24) is 4.90 Å². The molecule has 0 aromatic heterocycles. The number of hydrogen-bond acceptors (Lipinski definition) is 1. The van der Waals surface area contributed by atoms with Crippen molar-refractivity contribution in [3.05, 3.63) is 35.9 Å². The zero-order valence-corrected chi connectivity index (χ0v) is 7.54. The molecule has 74 valence electrons. The van der Waals surface area contributed by atoms with Crippen LogP contribution in [0.4, 0.5) is 0 Å². The maximum atomic E-state index is 8.40. The molecular weight excluding hydrogens is 170 g/mol. The molecule has 0 saturated carbocycles. The van der Waals surface area contributed by atoms with Gasteiger partial charge in [-0.2, -0.15) is 0 Å². The highest BCUT2D eigenvalue weighted by molar-refractivity contribution is 5.15. The molecule has 14 heavy (non-hydrogen) atoms. The number of likely N-dealkylation sites (N-methyl/N-ethyl adjacent to an activating group) is 1. The van der Waals surface area contributed by atoms with E-state index in [-0.39, 0.29) is 10.5 Å². The molecular formula is C13H17N. The summed E-state index contributed by atoms with van der Waals surface area (Å²) in [6.07, 6.45) is -1.15. The van der Waals surface area contributed by atoms with Crippen molar-refractivity contribution in [2.45, 2.75) is 19.2 Å². The Labute approximate surface area is 101 Å². The maximum absolute atomic E-state index is 8.40. The molecule has 1 nitrogen and oxygen atoms in total. The molecule has 1 heteroatoms. The summed E-state index contributed by atoms with van der Waals surface area (Å²) >= 11 is 0. The highest BCUT2D eigenvalue weighted by Gasteiger charge is 2.07. The summed E-state index contributed by atoms with van der Waals surface area (Å²) in [5.74, 6) is 2.10. The third kappa shape index (κ3) is 3.24.